The molecule has 0 aromatic carbocycles. The molecule has 0 radical (unpaired) electrons. The van der Waals surface area contributed by atoms with E-state index < -0.39 is 12.4 Å². The number of hydrogen-bond acceptors (Lipinski definition) is 6. The van der Waals surface area contributed by atoms with Crippen LogP contribution in [-0.4, -0.2) is 27.1 Å². The van der Waals surface area contributed by atoms with Crippen molar-refractivity contribution >= 4 is 17.7 Å². The fraction of sp³-hybridized carbons (Fsp3) is 0.500. The van der Waals surface area contributed by atoms with Crippen LogP contribution >= 0.6 is 11.8 Å². The molecule has 0 fully saturated rings. The second-order valence-corrected chi connectivity index (χ2v) is 3.47. The molecule has 0 unspecified atom stereocenters. The van der Waals surface area contributed by atoms with Gasteiger partial charge in [-0.3, -0.25) is 0 Å². The molecule has 0 atom stereocenters. The highest BCUT2D eigenvalue weighted by Crippen LogP contribution is 2.21. The third kappa shape index (κ3) is 4.19. The summed E-state index contributed by atoms with van der Waals surface area (Å²) >= 11 is 1.14. The van der Waals surface area contributed by atoms with Crippen LogP contribution in [0.4, 0.5) is 19.1 Å². The maximum absolute atomic E-state index is 11.8. The summed E-state index contributed by atoms with van der Waals surface area (Å²) in [6.07, 6.45) is -4.83. The third-order valence-electron chi connectivity index (χ3n) is 1.09. The normalized spacial score (nSPS) is 11.5. The molecule has 1 heterocycles. The summed E-state index contributed by atoms with van der Waals surface area (Å²) in [6, 6.07) is -0.842. The van der Waals surface area contributed by atoms with Gasteiger partial charge in [0.05, 0.1) is 0 Å². The molecular formula is C6H7F3N4OS. The van der Waals surface area contributed by atoms with Gasteiger partial charge in [-0.2, -0.15) is 15.0 Å². The van der Waals surface area contributed by atoms with Crippen LogP contribution in [0, 0.1) is 0 Å². The first kappa shape index (κ1) is 11.8. The third-order valence-corrected chi connectivity index (χ3v) is 1.82. The molecule has 0 aliphatic carbocycles. The van der Waals surface area contributed by atoms with Crippen LogP contribution in [0.25, 0.3) is 0 Å². The van der Waals surface area contributed by atoms with Crippen molar-refractivity contribution in [3.63, 3.8) is 0 Å². The number of aromatic nitrogens is 3. The predicted molar refractivity (Wildman–Crippen MR) is 47.3 cm³/mol. The molecule has 5 nitrogen and oxygen atoms in total. The zero-order valence-corrected chi connectivity index (χ0v) is 8.39. The Morgan fingerprint density at radius 2 is 2.00 bits per heavy atom. The average molecular weight is 240 g/mol. The number of hydrogen-bond donors (Lipinski definition) is 1. The minimum absolute atomic E-state index is 0.101. The lowest BCUT2D eigenvalue weighted by Gasteiger charge is -2.07. The highest BCUT2D eigenvalue weighted by molar-refractivity contribution is 7.99. The van der Waals surface area contributed by atoms with E-state index in [1.165, 1.54) is 0 Å². The van der Waals surface area contributed by atoms with E-state index in [0.29, 0.717) is 5.75 Å². The zero-order valence-electron chi connectivity index (χ0n) is 7.58. The monoisotopic (exact) mass is 240 g/mol. The smallest absolute Gasteiger partial charge is 0.370 e. The molecule has 1 rings (SSSR count). The van der Waals surface area contributed by atoms with E-state index in [2.05, 4.69) is 19.7 Å². The van der Waals surface area contributed by atoms with Crippen molar-refractivity contribution < 1.29 is 17.9 Å². The van der Waals surface area contributed by atoms with Crippen molar-refractivity contribution in [2.45, 2.75) is 18.4 Å². The van der Waals surface area contributed by atoms with Crippen molar-refractivity contribution in [1.29, 1.82) is 0 Å². The number of thioether (sulfide) groups is 1. The molecule has 2 N–H and O–H groups in total. The second-order valence-electron chi connectivity index (χ2n) is 2.24. The van der Waals surface area contributed by atoms with Gasteiger partial charge in [0.15, 0.2) is 5.16 Å². The molecule has 0 saturated heterocycles. The lowest BCUT2D eigenvalue weighted by Crippen LogP contribution is -2.19. The Kier molecular flexibility index (Phi) is 3.56. The predicted octanol–water partition coefficient (Wildman–Crippen LogP) is 1.46. The lowest BCUT2D eigenvalue weighted by molar-refractivity contribution is -0.277. The Balaban J connectivity index is 2.88. The van der Waals surface area contributed by atoms with Gasteiger partial charge in [0.1, 0.15) is 0 Å². The summed E-state index contributed by atoms with van der Waals surface area (Å²) in [6.45, 7) is 1.80. The highest BCUT2D eigenvalue weighted by atomic mass is 32.2. The number of rotatable bonds is 3. The number of nitrogen functional groups attached to an aromatic ring is 1. The number of anilines is 1. The summed E-state index contributed by atoms with van der Waals surface area (Å²) in [7, 11) is 0. The summed E-state index contributed by atoms with van der Waals surface area (Å²) in [5.41, 5.74) is 5.19. The van der Waals surface area contributed by atoms with Crippen LogP contribution in [0.5, 0.6) is 6.01 Å². The van der Waals surface area contributed by atoms with E-state index in [1.807, 2.05) is 0 Å². The number of nitrogens with two attached hydrogens (primary N) is 1. The molecule has 0 saturated carbocycles. The van der Waals surface area contributed by atoms with Gasteiger partial charge in [-0.1, -0.05) is 18.7 Å². The van der Waals surface area contributed by atoms with Crippen LogP contribution in [0.2, 0.25) is 0 Å². The molecule has 15 heavy (non-hydrogen) atoms. The molecule has 0 aliphatic rings. The summed E-state index contributed by atoms with van der Waals surface area (Å²) < 4.78 is 39.0. The van der Waals surface area contributed by atoms with Crippen LogP contribution in [-0.2, 0) is 0 Å². The number of ether oxygens (including phenoxy) is 1. The minimum Gasteiger partial charge on any atom is -0.370 e. The van der Waals surface area contributed by atoms with Gasteiger partial charge in [-0.15, -0.1) is 13.2 Å². The Morgan fingerprint density at radius 1 is 1.33 bits per heavy atom. The minimum atomic E-state index is -4.83. The standard InChI is InChI=1S/C6H7F3N4OS/c1-2-15-5-12-3(10)11-4(13-5)14-6(7,8)9/h2H2,1H3,(H2,10,11,12,13). The largest absolute Gasteiger partial charge is 0.575 e. The van der Waals surface area contributed by atoms with Gasteiger partial charge in [0.2, 0.25) is 5.95 Å². The maximum Gasteiger partial charge on any atom is 0.575 e. The molecule has 1 aromatic rings. The van der Waals surface area contributed by atoms with Crippen LogP contribution in [0.15, 0.2) is 5.16 Å². The van der Waals surface area contributed by atoms with Gasteiger partial charge in [-0.25, -0.2) is 0 Å². The number of nitrogens with zero attached hydrogens (tertiary/aromatic N) is 3. The van der Waals surface area contributed by atoms with E-state index in [-0.39, 0.29) is 11.1 Å². The highest BCUT2D eigenvalue weighted by Gasteiger charge is 2.33. The van der Waals surface area contributed by atoms with E-state index in [9.17, 15) is 13.2 Å². The van der Waals surface area contributed by atoms with Gasteiger partial charge >= 0.3 is 12.4 Å². The molecule has 9 heteroatoms. The first-order valence-corrected chi connectivity index (χ1v) is 4.79. The van der Waals surface area contributed by atoms with Gasteiger partial charge in [0, 0.05) is 0 Å². The van der Waals surface area contributed by atoms with Gasteiger partial charge in [-0.05, 0) is 5.75 Å². The van der Waals surface area contributed by atoms with Crippen molar-refractivity contribution in [2.75, 3.05) is 11.5 Å². The number of alkyl halides is 3. The van der Waals surface area contributed by atoms with E-state index in [1.54, 1.807) is 6.92 Å². The van der Waals surface area contributed by atoms with Crippen molar-refractivity contribution in [3.05, 3.63) is 0 Å². The van der Waals surface area contributed by atoms with Gasteiger partial charge < -0.3 is 10.5 Å². The average Bonchev–Trinajstić information content (AvgIpc) is 1.99. The first-order chi connectivity index (χ1) is 6.90. The molecule has 1 aromatic heterocycles. The Hall–Kier alpha value is -1.25. The van der Waals surface area contributed by atoms with E-state index in [0.717, 1.165) is 11.8 Å². The molecule has 84 valence electrons. The Morgan fingerprint density at radius 3 is 2.53 bits per heavy atom. The molecular weight excluding hydrogens is 233 g/mol. The molecule has 0 bridgehead atoms. The van der Waals surface area contributed by atoms with Crippen molar-refractivity contribution in [1.82, 2.24) is 15.0 Å². The molecule has 0 spiro atoms. The molecule has 0 amide bonds. The van der Waals surface area contributed by atoms with Crippen molar-refractivity contribution in [2.24, 2.45) is 0 Å². The Bertz CT molecular complexity index is 346. The SMILES string of the molecule is CCSc1nc(N)nc(OC(F)(F)F)n1. The van der Waals surface area contributed by atoms with E-state index >= 15 is 0 Å². The summed E-state index contributed by atoms with van der Waals surface area (Å²) in [5.74, 6) is 0.301. The zero-order chi connectivity index (χ0) is 11.5. The fourth-order valence-electron chi connectivity index (χ4n) is 0.696. The summed E-state index contributed by atoms with van der Waals surface area (Å²) in [4.78, 5) is 10.3. The molecule has 0 aliphatic heterocycles. The van der Waals surface area contributed by atoms with Crippen LogP contribution in [0.1, 0.15) is 6.92 Å². The second kappa shape index (κ2) is 4.51. The Labute approximate surface area is 87.3 Å². The summed E-state index contributed by atoms with van der Waals surface area (Å²) in [5, 5.41) is 0.101. The fourth-order valence-corrected chi connectivity index (χ4v) is 1.25. The maximum atomic E-state index is 11.8. The quantitative estimate of drug-likeness (QED) is 0.806. The lowest BCUT2D eigenvalue weighted by atomic mass is 10.9. The topological polar surface area (TPSA) is 73.9 Å². The first-order valence-electron chi connectivity index (χ1n) is 3.81. The number of halogens is 3. The van der Waals surface area contributed by atoms with Gasteiger partial charge in [0.25, 0.3) is 0 Å². The van der Waals surface area contributed by atoms with Crippen LogP contribution in [0.3, 0.4) is 0 Å². The van der Waals surface area contributed by atoms with Crippen LogP contribution < -0.4 is 10.5 Å². The van der Waals surface area contributed by atoms with E-state index in [4.69, 9.17) is 5.73 Å². The van der Waals surface area contributed by atoms with Crippen molar-refractivity contribution in [3.8, 4) is 6.01 Å².